The Bertz CT molecular complexity index is 500. The number of aryl methyl sites for hydroxylation is 2. The number of hydrogen-bond donors (Lipinski definition) is 2. The lowest BCUT2D eigenvalue weighted by Crippen LogP contribution is -2.13. The Morgan fingerprint density at radius 3 is 2.39 bits per heavy atom. The average molecular weight is 242 g/mol. The van der Waals surface area contributed by atoms with Crippen molar-refractivity contribution in [3.63, 3.8) is 0 Å². The molecule has 3 nitrogen and oxygen atoms in total. The van der Waals surface area contributed by atoms with E-state index in [1.54, 1.807) is 6.20 Å². The van der Waals surface area contributed by atoms with Crippen LogP contribution in [0.25, 0.3) is 0 Å². The Hall–Kier alpha value is -1.87. The predicted molar refractivity (Wildman–Crippen MR) is 72.4 cm³/mol. The molecule has 2 N–H and O–H groups in total. The lowest BCUT2D eigenvalue weighted by atomic mass is 10.1. The molecule has 0 aliphatic carbocycles. The smallest absolute Gasteiger partial charge is 0.121 e. The number of benzene rings is 1. The molecule has 2 rings (SSSR count). The topological polar surface area (TPSA) is 45.2 Å². The van der Waals surface area contributed by atoms with E-state index < -0.39 is 0 Å². The van der Waals surface area contributed by atoms with Gasteiger partial charge in [-0.15, -0.1) is 0 Å². The van der Waals surface area contributed by atoms with Crippen molar-refractivity contribution in [2.75, 3.05) is 0 Å². The van der Waals surface area contributed by atoms with Crippen molar-refractivity contribution >= 4 is 0 Å². The summed E-state index contributed by atoms with van der Waals surface area (Å²) in [5.41, 5.74) is 4.21. The largest absolute Gasteiger partial charge is 0.507 e. The molecule has 1 heterocycles. The quantitative estimate of drug-likeness (QED) is 0.866. The van der Waals surface area contributed by atoms with Crippen molar-refractivity contribution in [2.45, 2.75) is 26.9 Å². The predicted octanol–water partition coefficient (Wildman–Crippen LogP) is 2.69. The number of phenolic OH excluding ortho intramolecular Hbond substituents is 1. The molecule has 0 radical (unpaired) electrons. The standard InChI is InChI=1S/C15H18N2O/c1-11-6-14(7-12(2)15(11)18)10-17-9-13-4-3-5-16-8-13/h3-8,17-18H,9-10H2,1-2H3. The van der Waals surface area contributed by atoms with Crippen LogP contribution in [0.15, 0.2) is 36.7 Å². The normalized spacial score (nSPS) is 10.6. The summed E-state index contributed by atoms with van der Waals surface area (Å²) in [6.45, 7) is 5.43. The minimum Gasteiger partial charge on any atom is -0.507 e. The summed E-state index contributed by atoms with van der Waals surface area (Å²) in [5, 5.41) is 13.1. The third-order valence-corrected chi connectivity index (χ3v) is 2.93. The van der Waals surface area contributed by atoms with Crippen molar-refractivity contribution in [2.24, 2.45) is 0 Å². The van der Waals surface area contributed by atoms with Gasteiger partial charge in [0, 0.05) is 25.5 Å². The van der Waals surface area contributed by atoms with Gasteiger partial charge in [-0.1, -0.05) is 18.2 Å². The average Bonchev–Trinajstić information content (AvgIpc) is 2.37. The van der Waals surface area contributed by atoms with Crippen LogP contribution in [0.2, 0.25) is 0 Å². The fourth-order valence-electron chi connectivity index (χ4n) is 2.00. The number of pyridine rings is 1. The van der Waals surface area contributed by atoms with Crippen LogP contribution in [0.1, 0.15) is 22.3 Å². The molecule has 1 aromatic carbocycles. The number of nitrogens with zero attached hydrogens (tertiary/aromatic N) is 1. The molecular formula is C15H18N2O. The zero-order valence-corrected chi connectivity index (χ0v) is 10.8. The first-order valence-corrected chi connectivity index (χ1v) is 6.05. The van der Waals surface area contributed by atoms with Gasteiger partial charge >= 0.3 is 0 Å². The highest BCUT2D eigenvalue weighted by Crippen LogP contribution is 2.22. The lowest BCUT2D eigenvalue weighted by molar-refractivity contribution is 0.466. The number of aromatic hydroxyl groups is 1. The Morgan fingerprint density at radius 2 is 1.78 bits per heavy atom. The molecule has 0 unspecified atom stereocenters. The van der Waals surface area contributed by atoms with Crippen LogP contribution in [0.4, 0.5) is 0 Å². The minimum atomic E-state index is 0.394. The molecule has 0 atom stereocenters. The number of hydrogen-bond acceptors (Lipinski definition) is 3. The monoisotopic (exact) mass is 242 g/mol. The molecule has 1 aromatic heterocycles. The zero-order chi connectivity index (χ0) is 13.0. The van der Waals surface area contributed by atoms with Crippen LogP contribution in [-0.4, -0.2) is 10.1 Å². The van der Waals surface area contributed by atoms with Gasteiger partial charge in [-0.25, -0.2) is 0 Å². The first kappa shape index (κ1) is 12.6. The van der Waals surface area contributed by atoms with Gasteiger partial charge in [0.1, 0.15) is 5.75 Å². The highest BCUT2D eigenvalue weighted by atomic mass is 16.3. The maximum Gasteiger partial charge on any atom is 0.121 e. The van der Waals surface area contributed by atoms with Gasteiger partial charge in [0.25, 0.3) is 0 Å². The van der Waals surface area contributed by atoms with Crippen LogP contribution in [0.5, 0.6) is 5.75 Å². The van der Waals surface area contributed by atoms with Crippen molar-refractivity contribution in [3.05, 3.63) is 58.9 Å². The summed E-state index contributed by atoms with van der Waals surface area (Å²) in [6.07, 6.45) is 3.64. The summed E-state index contributed by atoms with van der Waals surface area (Å²) in [6, 6.07) is 8.01. The van der Waals surface area contributed by atoms with Gasteiger partial charge in [0.2, 0.25) is 0 Å². The molecule has 94 valence electrons. The number of phenols is 1. The Morgan fingerprint density at radius 1 is 1.11 bits per heavy atom. The molecule has 0 amide bonds. The van der Waals surface area contributed by atoms with E-state index in [1.807, 2.05) is 44.3 Å². The molecule has 0 saturated heterocycles. The van der Waals surface area contributed by atoms with Crippen LogP contribution < -0.4 is 5.32 Å². The first-order chi connectivity index (χ1) is 8.66. The fraction of sp³-hybridized carbons (Fsp3) is 0.267. The molecule has 0 aliphatic heterocycles. The Labute approximate surface area is 108 Å². The minimum absolute atomic E-state index is 0.394. The van der Waals surface area contributed by atoms with Gasteiger partial charge in [-0.05, 0) is 42.2 Å². The van der Waals surface area contributed by atoms with Crippen molar-refractivity contribution in [3.8, 4) is 5.75 Å². The third-order valence-electron chi connectivity index (χ3n) is 2.93. The summed E-state index contributed by atoms with van der Waals surface area (Å²) in [4.78, 5) is 4.08. The number of aromatic nitrogens is 1. The molecular weight excluding hydrogens is 224 g/mol. The highest BCUT2D eigenvalue weighted by molar-refractivity contribution is 5.42. The van der Waals surface area contributed by atoms with Crippen molar-refractivity contribution in [1.82, 2.24) is 10.3 Å². The fourth-order valence-corrected chi connectivity index (χ4v) is 2.00. The van der Waals surface area contributed by atoms with Gasteiger partial charge in [-0.2, -0.15) is 0 Å². The zero-order valence-electron chi connectivity index (χ0n) is 10.8. The van der Waals surface area contributed by atoms with E-state index in [0.717, 1.165) is 24.2 Å². The third kappa shape index (κ3) is 3.08. The molecule has 0 fully saturated rings. The van der Waals surface area contributed by atoms with Gasteiger partial charge < -0.3 is 10.4 Å². The second-order valence-electron chi connectivity index (χ2n) is 4.54. The van der Waals surface area contributed by atoms with Crippen LogP contribution in [-0.2, 0) is 13.1 Å². The van der Waals surface area contributed by atoms with E-state index in [2.05, 4.69) is 10.3 Å². The Balaban J connectivity index is 1.95. The van der Waals surface area contributed by atoms with Crippen LogP contribution in [0, 0.1) is 13.8 Å². The second kappa shape index (κ2) is 5.65. The summed E-state index contributed by atoms with van der Waals surface area (Å²) < 4.78 is 0. The Kier molecular flexibility index (Phi) is 3.95. The van der Waals surface area contributed by atoms with Gasteiger partial charge in [0.15, 0.2) is 0 Å². The van der Waals surface area contributed by atoms with E-state index >= 15 is 0 Å². The van der Waals surface area contributed by atoms with E-state index in [-0.39, 0.29) is 0 Å². The van der Waals surface area contributed by atoms with E-state index in [1.165, 1.54) is 11.1 Å². The van der Waals surface area contributed by atoms with E-state index in [0.29, 0.717) is 5.75 Å². The van der Waals surface area contributed by atoms with Gasteiger partial charge in [-0.3, -0.25) is 4.98 Å². The van der Waals surface area contributed by atoms with Crippen LogP contribution in [0.3, 0.4) is 0 Å². The number of nitrogens with one attached hydrogen (secondary N) is 1. The molecule has 0 saturated carbocycles. The van der Waals surface area contributed by atoms with E-state index in [9.17, 15) is 5.11 Å². The van der Waals surface area contributed by atoms with Crippen LogP contribution >= 0.6 is 0 Å². The SMILES string of the molecule is Cc1cc(CNCc2cccnc2)cc(C)c1O. The summed E-state index contributed by atoms with van der Waals surface area (Å²) in [7, 11) is 0. The maximum absolute atomic E-state index is 9.71. The summed E-state index contributed by atoms with van der Waals surface area (Å²) >= 11 is 0. The van der Waals surface area contributed by atoms with Gasteiger partial charge in [0.05, 0.1) is 0 Å². The molecule has 0 spiro atoms. The number of rotatable bonds is 4. The first-order valence-electron chi connectivity index (χ1n) is 6.05. The summed E-state index contributed by atoms with van der Waals surface area (Å²) in [5.74, 6) is 0.394. The highest BCUT2D eigenvalue weighted by Gasteiger charge is 2.03. The second-order valence-corrected chi connectivity index (χ2v) is 4.54. The van der Waals surface area contributed by atoms with Crippen molar-refractivity contribution < 1.29 is 5.11 Å². The maximum atomic E-state index is 9.71. The van der Waals surface area contributed by atoms with E-state index in [4.69, 9.17) is 0 Å². The molecule has 18 heavy (non-hydrogen) atoms. The van der Waals surface area contributed by atoms with Crippen molar-refractivity contribution in [1.29, 1.82) is 0 Å². The molecule has 0 aliphatic rings. The molecule has 0 bridgehead atoms. The molecule has 3 heteroatoms. The molecule has 2 aromatic rings. The lowest BCUT2D eigenvalue weighted by Gasteiger charge is -2.09.